The number of carbonyl (C=O) groups is 3. The number of amides is 2. The lowest BCUT2D eigenvalue weighted by Crippen LogP contribution is -2.36. The molecule has 0 fully saturated rings. The van der Waals surface area contributed by atoms with Crippen molar-refractivity contribution in [1.29, 1.82) is 0 Å². The highest BCUT2D eigenvalue weighted by atomic mass is 16.5. The van der Waals surface area contributed by atoms with E-state index in [9.17, 15) is 14.4 Å². The minimum absolute atomic E-state index is 0.00792. The summed E-state index contributed by atoms with van der Waals surface area (Å²) >= 11 is 0. The van der Waals surface area contributed by atoms with Crippen LogP contribution >= 0.6 is 0 Å². The summed E-state index contributed by atoms with van der Waals surface area (Å²) in [5.74, 6) is -0.405. The van der Waals surface area contributed by atoms with Crippen LogP contribution < -0.4 is 15.4 Å². The third-order valence-electron chi connectivity index (χ3n) is 3.75. The van der Waals surface area contributed by atoms with Gasteiger partial charge in [0, 0.05) is 17.4 Å². The number of benzene rings is 2. The number of esters is 1. The van der Waals surface area contributed by atoms with Gasteiger partial charge in [-0.1, -0.05) is 12.1 Å². The first kappa shape index (κ1) is 20.9. The summed E-state index contributed by atoms with van der Waals surface area (Å²) in [6.45, 7) is 0.0425. The lowest BCUT2D eigenvalue weighted by Gasteiger charge is -2.16. The Kier molecular flexibility index (Phi) is 7.53. The molecule has 8 nitrogen and oxygen atoms in total. The van der Waals surface area contributed by atoms with E-state index in [4.69, 9.17) is 4.74 Å². The monoisotopic (exact) mass is 385 g/mol. The van der Waals surface area contributed by atoms with Gasteiger partial charge in [-0.3, -0.25) is 14.5 Å². The van der Waals surface area contributed by atoms with E-state index in [0.717, 1.165) is 0 Å². The molecule has 0 aromatic heterocycles. The summed E-state index contributed by atoms with van der Waals surface area (Å²) in [6, 6.07) is 13.4. The summed E-state index contributed by atoms with van der Waals surface area (Å²) in [7, 11) is 4.50. The smallest absolute Gasteiger partial charge is 0.337 e. The lowest BCUT2D eigenvalue weighted by atomic mass is 10.2. The number of nitrogens with one attached hydrogen (secondary N) is 2. The van der Waals surface area contributed by atoms with Crippen molar-refractivity contribution < 1.29 is 23.9 Å². The summed E-state index contributed by atoms with van der Waals surface area (Å²) in [6.07, 6.45) is 0. The van der Waals surface area contributed by atoms with Gasteiger partial charge in [-0.25, -0.2) is 4.79 Å². The number of carbonyl (C=O) groups excluding carboxylic acids is 3. The van der Waals surface area contributed by atoms with Crippen molar-refractivity contribution in [2.75, 3.05) is 45.0 Å². The fourth-order valence-electron chi connectivity index (χ4n) is 2.49. The van der Waals surface area contributed by atoms with Crippen molar-refractivity contribution in [1.82, 2.24) is 4.90 Å². The maximum absolute atomic E-state index is 12.2. The van der Waals surface area contributed by atoms with Gasteiger partial charge in [-0.15, -0.1) is 0 Å². The third-order valence-corrected chi connectivity index (χ3v) is 3.75. The van der Waals surface area contributed by atoms with Crippen molar-refractivity contribution in [3.63, 3.8) is 0 Å². The van der Waals surface area contributed by atoms with Crippen LogP contribution in [-0.4, -0.2) is 57.0 Å². The molecule has 0 heterocycles. The number of rotatable bonds is 8. The molecule has 0 atom stereocenters. The standard InChI is InChI=1S/C20H23N3O5/c1-23(13-19(25)22-16-8-5-9-17(11-16)27-2)12-18(24)21-15-7-4-6-14(10-15)20(26)28-3/h4-11H,12-13H2,1-3H3,(H,21,24)(H,22,25). The first-order valence-electron chi connectivity index (χ1n) is 8.52. The number of methoxy groups -OCH3 is 2. The Morgan fingerprint density at radius 1 is 0.893 bits per heavy atom. The van der Waals surface area contributed by atoms with Crippen LogP contribution in [0.4, 0.5) is 11.4 Å². The molecule has 0 aliphatic heterocycles. The Bertz CT molecular complexity index is 853. The predicted molar refractivity (Wildman–Crippen MR) is 106 cm³/mol. The molecule has 2 aromatic carbocycles. The highest BCUT2D eigenvalue weighted by molar-refractivity contribution is 5.96. The molecule has 148 valence electrons. The molecule has 8 heteroatoms. The number of ether oxygens (including phenoxy) is 2. The van der Waals surface area contributed by atoms with E-state index in [1.807, 2.05) is 0 Å². The maximum atomic E-state index is 12.2. The molecule has 28 heavy (non-hydrogen) atoms. The minimum Gasteiger partial charge on any atom is -0.497 e. The molecule has 2 N–H and O–H groups in total. The van der Waals surface area contributed by atoms with Crippen LogP contribution in [0.25, 0.3) is 0 Å². The van der Waals surface area contributed by atoms with Crippen LogP contribution in [0.1, 0.15) is 10.4 Å². The van der Waals surface area contributed by atoms with Crippen molar-refractivity contribution in [3.8, 4) is 5.75 Å². The molecule has 0 unspecified atom stereocenters. The number of anilines is 2. The third kappa shape index (κ3) is 6.40. The fraction of sp³-hybridized carbons (Fsp3) is 0.250. The zero-order chi connectivity index (χ0) is 20.5. The Labute approximate surface area is 163 Å². The summed E-state index contributed by atoms with van der Waals surface area (Å²) < 4.78 is 9.77. The molecular weight excluding hydrogens is 362 g/mol. The second-order valence-corrected chi connectivity index (χ2v) is 6.07. The van der Waals surface area contributed by atoms with Crippen LogP contribution in [0.2, 0.25) is 0 Å². The van der Waals surface area contributed by atoms with Crippen LogP contribution in [0.5, 0.6) is 5.75 Å². The van der Waals surface area contributed by atoms with E-state index in [2.05, 4.69) is 15.4 Å². The molecule has 0 saturated heterocycles. The normalized spacial score (nSPS) is 10.3. The first-order chi connectivity index (χ1) is 13.4. The van der Waals surface area contributed by atoms with Crippen LogP contribution in [0.15, 0.2) is 48.5 Å². The summed E-state index contributed by atoms with van der Waals surface area (Å²) in [4.78, 5) is 37.4. The SMILES string of the molecule is COC(=O)c1cccc(NC(=O)CN(C)CC(=O)Nc2cccc(OC)c2)c1. The van der Waals surface area contributed by atoms with Gasteiger partial charge in [0.05, 0.1) is 32.9 Å². The molecule has 2 aromatic rings. The van der Waals surface area contributed by atoms with Crippen molar-refractivity contribution in [3.05, 3.63) is 54.1 Å². The van der Waals surface area contributed by atoms with Crippen LogP contribution in [-0.2, 0) is 14.3 Å². The van der Waals surface area contributed by atoms with Gasteiger partial charge >= 0.3 is 5.97 Å². The van der Waals surface area contributed by atoms with Gasteiger partial charge in [0.25, 0.3) is 0 Å². The highest BCUT2D eigenvalue weighted by Crippen LogP contribution is 2.16. The average molecular weight is 385 g/mol. The number of nitrogens with zero attached hydrogens (tertiary/aromatic N) is 1. The molecule has 0 spiro atoms. The zero-order valence-electron chi connectivity index (χ0n) is 16.0. The van der Waals surface area contributed by atoms with E-state index in [0.29, 0.717) is 22.7 Å². The molecule has 0 bridgehead atoms. The first-order valence-corrected chi connectivity index (χ1v) is 8.52. The summed E-state index contributed by atoms with van der Waals surface area (Å²) in [5.41, 5.74) is 1.43. The van der Waals surface area contributed by atoms with Crippen LogP contribution in [0, 0.1) is 0 Å². The predicted octanol–water partition coefficient (Wildman–Crippen LogP) is 1.99. The second kappa shape index (κ2) is 10.1. The Hall–Kier alpha value is -3.39. The van der Waals surface area contributed by atoms with E-state index in [1.165, 1.54) is 13.2 Å². The van der Waals surface area contributed by atoms with E-state index >= 15 is 0 Å². The molecule has 0 radical (unpaired) electrons. The van der Waals surface area contributed by atoms with Gasteiger partial charge < -0.3 is 20.1 Å². The largest absolute Gasteiger partial charge is 0.497 e. The van der Waals surface area contributed by atoms with Gasteiger partial charge in [0.1, 0.15) is 5.75 Å². The maximum Gasteiger partial charge on any atom is 0.337 e. The fourth-order valence-corrected chi connectivity index (χ4v) is 2.49. The Morgan fingerprint density at radius 3 is 2.04 bits per heavy atom. The quantitative estimate of drug-likeness (QED) is 0.675. The van der Waals surface area contributed by atoms with Gasteiger partial charge in [-0.05, 0) is 37.4 Å². The molecule has 0 aliphatic carbocycles. The zero-order valence-corrected chi connectivity index (χ0v) is 16.0. The van der Waals surface area contributed by atoms with E-state index < -0.39 is 5.97 Å². The van der Waals surface area contributed by atoms with E-state index in [1.54, 1.807) is 61.5 Å². The highest BCUT2D eigenvalue weighted by Gasteiger charge is 2.12. The van der Waals surface area contributed by atoms with Crippen LogP contribution in [0.3, 0.4) is 0 Å². The number of likely N-dealkylation sites (N-methyl/N-ethyl adjacent to an activating group) is 1. The Balaban J connectivity index is 1.85. The van der Waals surface area contributed by atoms with Crippen molar-refractivity contribution in [2.45, 2.75) is 0 Å². The molecular formula is C20H23N3O5. The average Bonchev–Trinajstić information content (AvgIpc) is 2.67. The minimum atomic E-state index is -0.484. The number of hydrogen-bond acceptors (Lipinski definition) is 6. The summed E-state index contributed by atoms with van der Waals surface area (Å²) in [5, 5.41) is 5.45. The van der Waals surface area contributed by atoms with Gasteiger partial charge in [-0.2, -0.15) is 0 Å². The lowest BCUT2D eigenvalue weighted by molar-refractivity contribution is -0.119. The molecule has 0 aliphatic rings. The van der Waals surface area contributed by atoms with Crippen molar-refractivity contribution >= 4 is 29.2 Å². The molecule has 2 rings (SSSR count). The molecule has 2 amide bonds. The molecule has 0 saturated carbocycles. The second-order valence-electron chi connectivity index (χ2n) is 6.07. The van der Waals surface area contributed by atoms with E-state index in [-0.39, 0.29) is 24.9 Å². The van der Waals surface area contributed by atoms with Gasteiger partial charge in [0.15, 0.2) is 0 Å². The number of hydrogen-bond donors (Lipinski definition) is 2. The Morgan fingerprint density at radius 2 is 1.46 bits per heavy atom. The van der Waals surface area contributed by atoms with Crippen molar-refractivity contribution in [2.24, 2.45) is 0 Å². The van der Waals surface area contributed by atoms with Gasteiger partial charge in [0.2, 0.25) is 11.8 Å². The topological polar surface area (TPSA) is 97.0 Å².